The van der Waals surface area contributed by atoms with Gasteiger partial charge in [0.25, 0.3) is 0 Å². The van der Waals surface area contributed by atoms with Gasteiger partial charge in [-0.2, -0.15) is 0 Å². The number of hydrogen-bond donors (Lipinski definition) is 2. The molecule has 2 fully saturated rings. The summed E-state index contributed by atoms with van der Waals surface area (Å²) < 4.78 is 0. The first-order valence-electron chi connectivity index (χ1n) is 6.85. The first kappa shape index (κ1) is 13.2. The van der Waals surface area contributed by atoms with Crippen LogP contribution in [0, 0.1) is 5.92 Å². The Kier molecular flexibility index (Phi) is 3.50. The number of carbonyl (C=O) groups is 2. The fraction of sp³-hybridized carbons (Fsp3) is 0.846. The molecule has 5 nitrogen and oxygen atoms in total. The van der Waals surface area contributed by atoms with Gasteiger partial charge in [0.15, 0.2) is 0 Å². The molecule has 1 aliphatic heterocycles. The van der Waals surface area contributed by atoms with E-state index in [1.807, 2.05) is 6.92 Å². The van der Waals surface area contributed by atoms with Gasteiger partial charge in [-0.3, -0.25) is 9.69 Å². The van der Waals surface area contributed by atoms with E-state index in [1.165, 1.54) is 4.90 Å². The van der Waals surface area contributed by atoms with Crippen LogP contribution >= 0.6 is 0 Å². The van der Waals surface area contributed by atoms with Gasteiger partial charge in [-0.1, -0.05) is 26.7 Å². The summed E-state index contributed by atoms with van der Waals surface area (Å²) in [4.78, 5) is 24.6. The molecule has 1 heterocycles. The van der Waals surface area contributed by atoms with Gasteiger partial charge >= 0.3 is 6.09 Å². The molecule has 3 unspecified atom stereocenters. The van der Waals surface area contributed by atoms with E-state index >= 15 is 0 Å². The minimum Gasteiger partial charge on any atom is -0.465 e. The molecule has 5 heteroatoms. The molecule has 0 aromatic rings. The third-order valence-corrected chi connectivity index (χ3v) is 4.27. The number of rotatable bonds is 4. The molecule has 1 saturated carbocycles. The zero-order valence-corrected chi connectivity index (χ0v) is 11.1. The molecule has 1 spiro atoms. The maximum atomic E-state index is 12.0. The van der Waals surface area contributed by atoms with E-state index in [1.54, 1.807) is 0 Å². The van der Waals surface area contributed by atoms with Crippen molar-refractivity contribution >= 4 is 12.0 Å². The standard InChI is InChI=1S/C13H22N2O3/c1-3-5-6-9-7-13(9)8-15(12(17)18)10(4-2)11(16)14-13/h9-10H,3-8H2,1-2H3,(H,14,16)(H,17,18). The summed E-state index contributed by atoms with van der Waals surface area (Å²) in [5, 5.41) is 12.3. The first-order chi connectivity index (χ1) is 8.54. The number of carboxylic acid groups (broad SMARTS) is 1. The highest BCUT2D eigenvalue weighted by Gasteiger charge is 2.59. The van der Waals surface area contributed by atoms with E-state index in [0.717, 1.165) is 25.7 Å². The van der Waals surface area contributed by atoms with Crippen molar-refractivity contribution in [1.82, 2.24) is 10.2 Å². The average Bonchev–Trinajstić information content (AvgIpc) is 2.98. The Bertz CT molecular complexity index is 358. The highest BCUT2D eigenvalue weighted by atomic mass is 16.4. The van der Waals surface area contributed by atoms with Crippen molar-refractivity contribution in [2.24, 2.45) is 5.92 Å². The van der Waals surface area contributed by atoms with Gasteiger partial charge < -0.3 is 10.4 Å². The molecule has 0 bridgehead atoms. The van der Waals surface area contributed by atoms with Crippen LogP contribution in [0.3, 0.4) is 0 Å². The van der Waals surface area contributed by atoms with E-state index in [9.17, 15) is 14.7 Å². The smallest absolute Gasteiger partial charge is 0.408 e. The van der Waals surface area contributed by atoms with Crippen LogP contribution in [0.25, 0.3) is 0 Å². The third-order valence-electron chi connectivity index (χ3n) is 4.27. The fourth-order valence-electron chi connectivity index (χ4n) is 3.09. The van der Waals surface area contributed by atoms with Crippen molar-refractivity contribution in [3.8, 4) is 0 Å². The Balaban J connectivity index is 2.05. The van der Waals surface area contributed by atoms with Gasteiger partial charge in [-0.25, -0.2) is 4.79 Å². The van der Waals surface area contributed by atoms with Crippen molar-refractivity contribution in [2.45, 2.75) is 57.5 Å². The number of nitrogens with one attached hydrogen (secondary N) is 1. The largest absolute Gasteiger partial charge is 0.465 e. The Morgan fingerprint density at radius 3 is 2.83 bits per heavy atom. The summed E-state index contributed by atoms with van der Waals surface area (Å²) in [5.74, 6) is 0.339. The van der Waals surface area contributed by atoms with E-state index in [-0.39, 0.29) is 11.4 Å². The lowest BCUT2D eigenvalue weighted by Crippen LogP contribution is -2.63. The van der Waals surface area contributed by atoms with Crippen LogP contribution in [0.4, 0.5) is 4.79 Å². The molecule has 3 atom stereocenters. The molecule has 18 heavy (non-hydrogen) atoms. The zero-order valence-electron chi connectivity index (χ0n) is 11.1. The highest BCUT2D eigenvalue weighted by molar-refractivity contribution is 5.87. The second-order valence-corrected chi connectivity index (χ2v) is 5.52. The van der Waals surface area contributed by atoms with Crippen LogP contribution in [-0.2, 0) is 4.79 Å². The SMILES string of the molecule is CCCCC1CC12CN(C(=O)O)C(CC)C(=O)N2. The third kappa shape index (κ3) is 2.18. The number of carbonyl (C=O) groups excluding carboxylic acids is 1. The summed E-state index contributed by atoms with van der Waals surface area (Å²) in [6.45, 7) is 4.45. The van der Waals surface area contributed by atoms with Gasteiger partial charge in [0, 0.05) is 6.54 Å². The van der Waals surface area contributed by atoms with Gasteiger partial charge in [0.05, 0.1) is 5.54 Å². The second kappa shape index (κ2) is 4.78. The summed E-state index contributed by atoms with van der Waals surface area (Å²) in [6, 6.07) is -0.513. The fourth-order valence-corrected chi connectivity index (χ4v) is 3.09. The highest BCUT2D eigenvalue weighted by Crippen LogP contribution is 2.49. The van der Waals surface area contributed by atoms with Gasteiger partial charge in [0.1, 0.15) is 6.04 Å². The lowest BCUT2D eigenvalue weighted by molar-refractivity contribution is -0.130. The predicted molar refractivity (Wildman–Crippen MR) is 67.3 cm³/mol. The van der Waals surface area contributed by atoms with Gasteiger partial charge in [-0.15, -0.1) is 0 Å². The lowest BCUT2D eigenvalue weighted by Gasteiger charge is -2.38. The predicted octanol–water partition coefficient (Wildman–Crippen LogP) is 1.82. The van der Waals surface area contributed by atoms with Crippen LogP contribution < -0.4 is 5.32 Å². The Morgan fingerprint density at radius 1 is 1.56 bits per heavy atom. The Hall–Kier alpha value is -1.26. The zero-order chi connectivity index (χ0) is 13.3. The number of piperazine rings is 1. The second-order valence-electron chi connectivity index (χ2n) is 5.52. The Morgan fingerprint density at radius 2 is 2.28 bits per heavy atom. The van der Waals surface area contributed by atoms with Crippen LogP contribution in [0.5, 0.6) is 0 Å². The van der Waals surface area contributed by atoms with Crippen LogP contribution in [0.1, 0.15) is 46.0 Å². The normalized spacial score (nSPS) is 34.6. The van der Waals surface area contributed by atoms with Crippen LogP contribution in [0.15, 0.2) is 0 Å². The van der Waals surface area contributed by atoms with Crippen molar-refractivity contribution in [1.29, 1.82) is 0 Å². The van der Waals surface area contributed by atoms with Gasteiger partial charge in [-0.05, 0) is 25.2 Å². The molecule has 1 aliphatic carbocycles. The number of amides is 2. The maximum Gasteiger partial charge on any atom is 0.408 e. The number of hydrogen-bond acceptors (Lipinski definition) is 2. The van der Waals surface area contributed by atoms with Gasteiger partial charge in [0.2, 0.25) is 5.91 Å². The van der Waals surface area contributed by atoms with E-state index < -0.39 is 12.1 Å². The van der Waals surface area contributed by atoms with Crippen LogP contribution in [0.2, 0.25) is 0 Å². The average molecular weight is 254 g/mol. The first-order valence-corrected chi connectivity index (χ1v) is 6.85. The Labute approximate surface area is 108 Å². The molecule has 0 aromatic carbocycles. The van der Waals surface area contributed by atoms with Crippen molar-refractivity contribution in [2.75, 3.05) is 6.54 Å². The molecule has 2 aliphatic rings. The van der Waals surface area contributed by atoms with Crippen molar-refractivity contribution in [3.63, 3.8) is 0 Å². The minimum absolute atomic E-state index is 0.120. The molecule has 1 saturated heterocycles. The van der Waals surface area contributed by atoms with Crippen molar-refractivity contribution in [3.05, 3.63) is 0 Å². The number of unbranched alkanes of at least 4 members (excludes halogenated alkanes) is 1. The molecule has 2 amide bonds. The van der Waals surface area contributed by atoms with Crippen molar-refractivity contribution < 1.29 is 14.7 Å². The van der Waals surface area contributed by atoms with E-state index in [2.05, 4.69) is 12.2 Å². The summed E-state index contributed by atoms with van der Waals surface area (Å²) in [6.07, 6.45) is 3.86. The summed E-state index contributed by atoms with van der Waals surface area (Å²) in [5.41, 5.74) is -0.254. The van der Waals surface area contributed by atoms with Crippen LogP contribution in [-0.4, -0.2) is 40.1 Å². The maximum absolute atomic E-state index is 12.0. The lowest BCUT2D eigenvalue weighted by atomic mass is 10.0. The molecular weight excluding hydrogens is 232 g/mol. The van der Waals surface area contributed by atoms with E-state index in [4.69, 9.17) is 0 Å². The summed E-state index contributed by atoms with van der Waals surface area (Å²) in [7, 11) is 0. The molecular formula is C13H22N2O3. The molecule has 102 valence electrons. The molecule has 0 radical (unpaired) electrons. The molecule has 2 rings (SSSR count). The number of nitrogens with zero attached hydrogens (tertiary/aromatic N) is 1. The minimum atomic E-state index is -0.975. The topological polar surface area (TPSA) is 69.6 Å². The quantitative estimate of drug-likeness (QED) is 0.804. The molecule has 2 N–H and O–H groups in total. The summed E-state index contributed by atoms with van der Waals surface area (Å²) >= 11 is 0. The molecule has 0 aromatic heterocycles. The van der Waals surface area contributed by atoms with E-state index in [0.29, 0.717) is 18.9 Å². The monoisotopic (exact) mass is 254 g/mol.